The normalized spacial score (nSPS) is 11.2. The lowest BCUT2D eigenvalue weighted by Crippen LogP contribution is -2.07. The Bertz CT molecular complexity index is 1600. The third-order valence-electron chi connectivity index (χ3n) is 6.29. The molecule has 0 aliphatic carbocycles. The summed E-state index contributed by atoms with van der Waals surface area (Å²) in [5, 5.41) is 5.98. The Balaban J connectivity index is 1.83. The van der Waals surface area contributed by atoms with Crippen LogP contribution in [0.25, 0.3) is 55.1 Å². The van der Waals surface area contributed by atoms with Gasteiger partial charge in [-0.2, -0.15) is 0 Å². The molecule has 33 heavy (non-hydrogen) atoms. The fourth-order valence-corrected chi connectivity index (χ4v) is 5.45. The number of rotatable bonds is 3. The smallest absolute Gasteiger partial charge is 0.0792 e. The Morgan fingerprint density at radius 2 is 0.970 bits per heavy atom. The lowest BCUT2D eigenvalue weighted by Gasteiger charge is -2.22. The van der Waals surface area contributed by atoms with Gasteiger partial charge in [-0.15, -0.1) is 9.24 Å². The van der Waals surface area contributed by atoms with Crippen molar-refractivity contribution in [2.24, 2.45) is 0 Å². The van der Waals surface area contributed by atoms with E-state index in [1.165, 1.54) is 54.7 Å². The third kappa shape index (κ3) is 3.33. The van der Waals surface area contributed by atoms with Crippen molar-refractivity contribution >= 4 is 36.1 Å². The van der Waals surface area contributed by atoms with E-state index < -0.39 is 0 Å². The van der Waals surface area contributed by atoms with Gasteiger partial charge in [0.1, 0.15) is 0 Å². The maximum absolute atomic E-state index is 4.91. The van der Waals surface area contributed by atoms with Crippen molar-refractivity contribution in [1.82, 2.24) is 4.98 Å². The molecule has 0 fully saturated rings. The molecule has 0 amide bonds. The second-order valence-corrected chi connectivity index (χ2v) is 8.77. The summed E-state index contributed by atoms with van der Waals surface area (Å²) in [6.45, 7) is 0. The molecule has 1 atom stereocenters. The zero-order valence-corrected chi connectivity index (χ0v) is 19.2. The lowest BCUT2D eigenvalue weighted by molar-refractivity contribution is 1.37. The molecular formula is C31H22NP. The maximum atomic E-state index is 4.91. The second kappa shape index (κ2) is 8.28. The van der Waals surface area contributed by atoms with Gasteiger partial charge in [0.2, 0.25) is 0 Å². The van der Waals surface area contributed by atoms with E-state index in [1.807, 2.05) is 6.20 Å². The second-order valence-electron chi connectivity index (χ2n) is 8.20. The summed E-state index contributed by atoms with van der Waals surface area (Å²) < 4.78 is 0. The van der Waals surface area contributed by atoms with Gasteiger partial charge in [-0.3, -0.25) is 4.98 Å². The van der Waals surface area contributed by atoms with E-state index in [9.17, 15) is 0 Å². The van der Waals surface area contributed by atoms with Gasteiger partial charge in [-0.05, 0) is 49.8 Å². The molecule has 0 spiro atoms. The van der Waals surface area contributed by atoms with Crippen LogP contribution in [0.1, 0.15) is 0 Å². The largest absolute Gasteiger partial charge is 0.256 e. The van der Waals surface area contributed by atoms with Crippen LogP contribution in [-0.4, -0.2) is 4.98 Å². The third-order valence-corrected chi connectivity index (χ3v) is 6.87. The first-order valence-corrected chi connectivity index (χ1v) is 11.7. The molecule has 0 N–H and O–H groups in total. The number of hydrogen-bond acceptors (Lipinski definition) is 1. The average molecular weight is 439 g/mol. The molecule has 0 saturated heterocycles. The minimum Gasteiger partial charge on any atom is -0.256 e. The monoisotopic (exact) mass is 439 g/mol. The fourth-order valence-electron chi connectivity index (χ4n) is 4.84. The fraction of sp³-hybridized carbons (Fsp3) is 0. The van der Waals surface area contributed by atoms with Crippen molar-refractivity contribution in [3.8, 4) is 33.5 Å². The van der Waals surface area contributed by atoms with Gasteiger partial charge in [-0.25, -0.2) is 0 Å². The predicted molar refractivity (Wildman–Crippen MR) is 145 cm³/mol. The van der Waals surface area contributed by atoms with E-state index in [-0.39, 0.29) is 0 Å². The van der Waals surface area contributed by atoms with E-state index in [2.05, 4.69) is 125 Å². The molecule has 0 bridgehead atoms. The maximum Gasteiger partial charge on any atom is 0.0792 e. The Morgan fingerprint density at radius 1 is 0.455 bits per heavy atom. The van der Waals surface area contributed by atoms with Crippen molar-refractivity contribution in [1.29, 1.82) is 0 Å². The average Bonchev–Trinajstić information content (AvgIpc) is 2.89. The molecule has 1 aromatic heterocycles. The van der Waals surface area contributed by atoms with Crippen molar-refractivity contribution in [2.45, 2.75) is 0 Å². The standard InChI is InChI=1S/C31H22NP/c33-31-28(23-14-5-2-6-15-23)27(22-12-3-1-4-13-22)25-17-9-10-18-26(25)29(31)30-24-16-8-7-11-21(24)19-20-32-30/h1-20H,33H2. The minimum atomic E-state index is 1.02. The van der Waals surface area contributed by atoms with Gasteiger partial charge in [0.25, 0.3) is 0 Å². The summed E-state index contributed by atoms with van der Waals surface area (Å²) in [7, 11) is 3.06. The van der Waals surface area contributed by atoms with Crippen LogP contribution < -0.4 is 5.30 Å². The zero-order chi connectivity index (χ0) is 22.2. The number of hydrogen-bond donors (Lipinski definition) is 0. The van der Waals surface area contributed by atoms with E-state index in [1.54, 1.807) is 0 Å². The number of fused-ring (bicyclic) bond motifs is 2. The first-order valence-electron chi connectivity index (χ1n) is 11.1. The molecule has 0 radical (unpaired) electrons. The summed E-state index contributed by atoms with van der Waals surface area (Å²) >= 11 is 0. The summed E-state index contributed by atoms with van der Waals surface area (Å²) in [6.07, 6.45) is 1.92. The van der Waals surface area contributed by atoms with Crippen LogP contribution in [0.4, 0.5) is 0 Å². The number of benzene rings is 5. The van der Waals surface area contributed by atoms with Crippen molar-refractivity contribution in [3.05, 3.63) is 121 Å². The molecule has 5 aromatic carbocycles. The van der Waals surface area contributed by atoms with Gasteiger partial charge >= 0.3 is 0 Å². The highest BCUT2D eigenvalue weighted by Crippen LogP contribution is 2.43. The molecule has 0 saturated carbocycles. The van der Waals surface area contributed by atoms with Crippen LogP contribution >= 0.6 is 9.24 Å². The lowest BCUT2D eigenvalue weighted by atomic mass is 9.85. The molecule has 1 heterocycles. The van der Waals surface area contributed by atoms with Gasteiger partial charge in [0.05, 0.1) is 5.69 Å². The van der Waals surface area contributed by atoms with E-state index in [0.29, 0.717) is 0 Å². The highest BCUT2D eigenvalue weighted by atomic mass is 31.0. The predicted octanol–water partition coefficient (Wildman–Crippen LogP) is 7.89. The first kappa shape index (κ1) is 19.9. The van der Waals surface area contributed by atoms with Crippen LogP contribution in [0.15, 0.2) is 121 Å². The van der Waals surface area contributed by atoms with Gasteiger partial charge in [0, 0.05) is 17.1 Å². The van der Waals surface area contributed by atoms with Gasteiger partial charge in [0.15, 0.2) is 0 Å². The zero-order valence-electron chi connectivity index (χ0n) is 18.1. The topological polar surface area (TPSA) is 12.9 Å². The highest BCUT2D eigenvalue weighted by molar-refractivity contribution is 7.28. The summed E-state index contributed by atoms with van der Waals surface area (Å²) in [6, 6.07) is 40.7. The molecule has 6 rings (SSSR count). The Labute approximate surface area is 196 Å². The number of nitrogens with zero attached hydrogens (tertiary/aromatic N) is 1. The summed E-state index contributed by atoms with van der Waals surface area (Å²) in [5.74, 6) is 0. The Morgan fingerprint density at radius 3 is 1.64 bits per heavy atom. The molecule has 6 aromatic rings. The van der Waals surface area contributed by atoms with E-state index in [0.717, 1.165) is 5.69 Å². The number of aromatic nitrogens is 1. The van der Waals surface area contributed by atoms with Crippen molar-refractivity contribution in [2.75, 3.05) is 0 Å². The van der Waals surface area contributed by atoms with Crippen LogP contribution in [0.5, 0.6) is 0 Å². The molecule has 1 unspecified atom stereocenters. The highest BCUT2D eigenvalue weighted by Gasteiger charge is 2.21. The van der Waals surface area contributed by atoms with Crippen LogP contribution in [-0.2, 0) is 0 Å². The molecule has 1 nitrogen and oxygen atoms in total. The molecule has 2 heteroatoms. The first-order chi connectivity index (χ1) is 16.3. The minimum absolute atomic E-state index is 1.02. The molecule has 0 aliphatic heterocycles. The van der Waals surface area contributed by atoms with Crippen LogP contribution in [0, 0.1) is 0 Å². The van der Waals surface area contributed by atoms with E-state index in [4.69, 9.17) is 4.98 Å². The van der Waals surface area contributed by atoms with Gasteiger partial charge < -0.3 is 0 Å². The van der Waals surface area contributed by atoms with Gasteiger partial charge in [-0.1, -0.05) is 109 Å². The van der Waals surface area contributed by atoms with Crippen molar-refractivity contribution < 1.29 is 0 Å². The quantitative estimate of drug-likeness (QED) is 0.256. The summed E-state index contributed by atoms with van der Waals surface area (Å²) in [5.41, 5.74) is 7.10. The van der Waals surface area contributed by atoms with Crippen LogP contribution in [0.2, 0.25) is 0 Å². The Kier molecular flexibility index (Phi) is 4.98. The molecule has 0 aliphatic rings. The van der Waals surface area contributed by atoms with E-state index >= 15 is 0 Å². The Hall–Kier alpha value is -3.80. The van der Waals surface area contributed by atoms with Crippen molar-refractivity contribution in [3.63, 3.8) is 0 Å². The molecule has 156 valence electrons. The SMILES string of the molecule is Pc1c(-c2ccccc2)c(-c2ccccc2)c2ccccc2c1-c1nccc2ccccc12. The molecular weight excluding hydrogens is 417 g/mol. The number of pyridine rings is 1. The summed E-state index contributed by atoms with van der Waals surface area (Å²) in [4.78, 5) is 4.91. The van der Waals surface area contributed by atoms with Crippen LogP contribution in [0.3, 0.4) is 0 Å².